The molecule has 6 heteroatoms. The van der Waals surface area contributed by atoms with Gasteiger partial charge in [0, 0.05) is 10.9 Å². The molecule has 0 atom stereocenters. The highest BCUT2D eigenvalue weighted by Gasteiger charge is 2.13. The monoisotopic (exact) mass is 378 g/mol. The van der Waals surface area contributed by atoms with E-state index >= 15 is 0 Å². The number of ether oxygens (including phenoxy) is 1. The van der Waals surface area contributed by atoms with Crippen LogP contribution in [0.4, 0.5) is 4.39 Å². The van der Waals surface area contributed by atoms with Crippen molar-refractivity contribution in [3.05, 3.63) is 63.9 Å². The van der Waals surface area contributed by atoms with Gasteiger partial charge in [0.1, 0.15) is 17.4 Å². The maximum absolute atomic E-state index is 12.9. The highest BCUT2D eigenvalue weighted by molar-refractivity contribution is 9.10. The second-order valence-corrected chi connectivity index (χ2v) is 5.70. The predicted molar refractivity (Wildman–Crippen MR) is 91.4 cm³/mol. The SMILES string of the molecule is CCOc1ccc(Br)cc1C(=O)N=C(N)Cc1ccc(F)cc1. The first kappa shape index (κ1) is 17.1. The molecule has 2 aromatic rings. The summed E-state index contributed by atoms with van der Waals surface area (Å²) in [5, 5.41) is 0. The molecule has 0 radical (unpaired) electrons. The fraction of sp³-hybridized carbons (Fsp3) is 0.176. The highest BCUT2D eigenvalue weighted by Crippen LogP contribution is 2.24. The Morgan fingerprint density at radius 2 is 1.96 bits per heavy atom. The average Bonchev–Trinajstić information content (AvgIpc) is 2.51. The van der Waals surface area contributed by atoms with Gasteiger partial charge in [-0.1, -0.05) is 28.1 Å². The number of rotatable bonds is 5. The number of halogens is 2. The quantitative estimate of drug-likeness (QED) is 0.636. The summed E-state index contributed by atoms with van der Waals surface area (Å²) in [6.45, 7) is 2.28. The lowest BCUT2D eigenvalue weighted by atomic mass is 10.1. The van der Waals surface area contributed by atoms with Gasteiger partial charge in [-0.15, -0.1) is 0 Å². The molecule has 0 aromatic heterocycles. The normalized spacial score (nSPS) is 11.3. The Bertz CT molecular complexity index is 730. The Balaban J connectivity index is 2.19. The summed E-state index contributed by atoms with van der Waals surface area (Å²) < 4.78 is 19.1. The zero-order valence-electron chi connectivity index (χ0n) is 12.6. The number of carbonyl (C=O) groups is 1. The van der Waals surface area contributed by atoms with Crippen molar-refractivity contribution in [1.82, 2.24) is 0 Å². The molecule has 2 aromatic carbocycles. The Labute approximate surface area is 142 Å². The van der Waals surface area contributed by atoms with E-state index in [0.717, 1.165) is 10.0 Å². The van der Waals surface area contributed by atoms with Gasteiger partial charge >= 0.3 is 0 Å². The maximum Gasteiger partial charge on any atom is 0.282 e. The van der Waals surface area contributed by atoms with Crippen LogP contribution in [-0.4, -0.2) is 18.3 Å². The third-order valence-corrected chi connectivity index (χ3v) is 3.51. The number of amidine groups is 1. The summed E-state index contributed by atoms with van der Waals surface area (Å²) in [5.41, 5.74) is 6.94. The molecule has 0 heterocycles. The molecule has 0 aliphatic carbocycles. The standard InChI is InChI=1S/C17H16BrFN2O2/c1-2-23-15-8-5-12(18)10-14(15)17(22)21-16(20)9-11-3-6-13(19)7-4-11/h3-8,10H,2,9H2,1H3,(H2,20,21,22). The zero-order chi connectivity index (χ0) is 16.8. The molecule has 1 amide bonds. The molecule has 2 N–H and O–H groups in total. The third-order valence-electron chi connectivity index (χ3n) is 3.02. The van der Waals surface area contributed by atoms with Crippen LogP contribution < -0.4 is 10.5 Å². The summed E-state index contributed by atoms with van der Waals surface area (Å²) in [7, 11) is 0. The summed E-state index contributed by atoms with van der Waals surface area (Å²) >= 11 is 3.32. The Hall–Kier alpha value is -2.21. The summed E-state index contributed by atoms with van der Waals surface area (Å²) in [4.78, 5) is 16.2. The van der Waals surface area contributed by atoms with Crippen molar-refractivity contribution in [1.29, 1.82) is 0 Å². The van der Waals surface area contributed by atoms with Gasteiger partial charge in [-0.25, -0.2) is 4.39 Å². The van der Waals surface area contributed by atoms with Crippen LogP contribution in [0, 0.1) is 5.82 Å². The van der Waals surface area contributed by atoms with Gasteiger partial charge in [-0.05, 0) is 42.8 Å². The van der Waals surface area contributed by atoms with Gasteiger partial charge in [0.2, 0.25) is 0 Å². The molecular weight excluding hydrogens is 363 g/mol. The number of aliphatic imine (C=N–C) groups is 1. The van der Waals surface area contributed by atoms with E-state index in [9.17, 15) is 9.18 Å². The van der Waals surface area contributed by atoms with E-state index in [1.165, 1.54) is 12.1 Å². The number of nitrogens with two attached hydrogens (primary N) is 1. The van der Waals surface area contributed by atoms with Crippen LogP contribution in [0.5, 0.6) is 5.75 Å². The lowest BCUT2D eigenvalue weighted by Gasteiger charge is -2.08. The van der Waals surface area contributed by atoms with E-state index in [2.05, 4.69) is 20.9 Å². The van der Waals surface area contributed by atoms with Crippen LogP contribution >= 0.6 is 15.9 Å². The van der Waals surface area contributed by atoms with Gasteiger partial charge in [0.25, 0.3) is 5.91 Å². The molecule has 120 valence electrons. The molecule has 0 unspecified atom stereocenters. The molecule has 0 saturated carbocycles. The maximum atomic E-state index is 12.9. The highest BCUT2D eigenvalue weighted by atomic mass is 79.9. The summed E-state index contributed by atoms with van der Waals surface area (Å²) in [5.74, 6) is -0.187. The number of hydrogen-bond acceptors (Lipinski definition) is 2. The number of benzene rings is 2. The fourth-order valence-corrected chi connectivity index (χ4v) is 2.35. The van der Waals surface area contributed by atoms with Crippen LogP contribution in [-0.2, 0) is 6.42 Å². The van der Waals surface area contributed by atoms with Crippen LogP contribution in [0.25, 0.3) is 0 Å². The zero-order valence-corrected chi connectivity index (χ0v) is 14.1. The number of carbonyl (C=O) groups excluding carboxylic acids is 1. The first-order chi connectivity index (χ1) is 11.0. The molecule has 0 fully saturated rings. The van der Waals surface area contributed by atoms with Crippen molar-refractivity contribution in [3.63, 3.8) is 0 Å². The van der Waals surface area contributed by atoms with Crippen molar-refractivity contribution in [2.45, 2.75) is 13.3 Å². The van der Waals surface area contributed by atoms with Crippen molar-refractivity contribution in [3.8, 4) is 5.75 Å². The largest absolute Gasteiger partial charge is 0.493 e. The van der Waals surface area contributed by atoms with E-state index in [0.29, 0.717) is 17.9 Å². The van der Waals surface area contributed by atoms with Gasteiger partial charge < -0.3 is 10.5 Å². The molecular formula is C17H16BrFN2O2. The van der Waals surface area contributed by atoms with E-state index in [1.54, 1.807) is 30.3 Å². The number of amides is 1. The van der Waals surface area contributed by atoms with Gasteiger partial charge in [0.05, 0.1) is 12.2 Å². The Morgan fingerprint density at radius 3 is 2.61 bits per heavy atom. The molecule has 0 saturated heterocycles. The van der Waals surface area contributed by atoms with E-state index in [1.807, 2.05) is 6.92 Å². The first-order valence-electron chi connectivity index (χ1n) is 7.03. The van der Waals surface area contributed by atoms with Crippen molar-refractivity contribution in [2.75, 3.05) is 6.61 Å². The minimum atomic E-state index is -0.477. The number of hydrogen-bond donors (Lipinski definition) is 1. The second-order valence-electron chi connectivity index (χ2n) is 4.79. The van der Waals surface area contributed by atoms with Crippen LogP contribution in [0.2, 0.25) is 0 Å². The van der Waals surface area contributed by atoms with Crippen LogP contribution in [0.15, 0.2) is 51.9 Å². The molecule has 0 aliphatic rings. The van der Waals surface area contributed by atoms with Gasteiger partial charge in [-0.2, -0.15) is 4.99 Å². The van der Waals surface area contributed by atoms with Crippen LogP contribution in [0.1, 0.15) is 22.8 Å². The summed E-state index contributed by atoms with van der Waals surface area (Å²) in [6.07, 6.45) is 0.268. The summed E-state index contributed by atoms with van der Waals surface area (Å²) in [6, 6.07) is 11.0. The molecule has 4 nitrogen and oxygen atoms in total. The fourth-order valence-electron chi connectivity index (χ4n) is 1.99. The van der Waals surface area contributed by atoms with E-state index in [4.69, 9.17) is 10.5 Å². The van der Waals surface area contributed by atoms with Gasteiger partial charge in [-0.3, -0.25) is 4.79 Å². The molecule has 2 rings (SSSR count). The lowest BCUT2D eigenvalue weighted by Crippen LogP contribution is -2.17. The van der Waals surface area contributed by atoms with Crippen molar-refractivity contribution in [2.24, 2.45) is 10.7 Å². The van der Waals surface area contributed by atoms with E-state index in [-0.39, 0.29) is 18.1 Å². The lowest BCUT2D eigenvalue weighted by molar-refractivity contribution is 0.0999. The molecule has 0 aliphatic heterocycles. The Morgan fingerprint density at radius 1 is 1.26 bits per heavy atom. The second kappa shape index (κ2) is 7.87. The minimum Gasteiger partial charge on any atom is -0.493 e. The number of nitrogens with zero attached hydrogens (tertiary/aromatic N) is 1. The minimum absolute atomic E-state index is 0.157. The smallest absolute Gasteiger partial charge is 0.282 e. The molecule has 0 spiro atoms. The first-order valence-corrected chi connectivity index (χ1v) is 7.83. The van der Waals surface area contributed by atoms with Crippen LogP contribution in [0.3, 0.4) is 0 Å². The average molecular weight is 379 g/mol. The Kier molecular flexibility index (Phi) is 5.87. The van der Waals surface area contributed by atoms with Crippen molar-refractivity contribution >= 4 is 27.7 Å². The third kappa shape index (κ3) is 4.89. The molecule has 0 bridgehead atoms. The van der Waals surface area contributed by atoms with Gasteiger partial charge in [0.15, 0.2) is 0 Å². The predicted octanol–water partition coefficient (Wildman–Crippen LogP) is 3.73. The molecule has 23 heavy (non-hydrogen) atoms. The van der Waals surface area contributed by atoms with E-state index < -0.39 is 5.91 Å². The van der Waals surface area contributed by atoms with Crippen molar-refractivity contribution < 1.29 is 13.9 Å². The topological polar surface area (TPSA) is 64.7 Å².